The molecule has 9 heteroatoms. The average molecular weight is 451 g/mol. The van der Waals surface area contributed by atoms with Gasteiger partial charge in [-0.3, -0.25) is 14.4 Å². The number of carbonyl (C=O) groups is 3. The highest BCUT2D eigenvalue weighted by atomic mass is 32.2. The average Bonchev–Trinajstić information content (AvgIpc) is 3.39. The van der Waals surface area contributed by atoms with Gasteiger partial charge in [0, 0.05) is 17.0 Å². The van der Waals surface area contributed by atoms with Gasteiger partial charge in [-0.25, -0.2) is 4.98 Å². The van der Waals surface area contributed by atoms with Crippen LogP contribution >= 0.6 is 11.8 Å². The summed E-state index contributed by atoms with van der Waals surface area (Å²) in [5, 5.41) is 8.08. The van der Waals surface area contributed by atoms with Crippen molar-refractivity contribution in [1.29, 1.82) is 0 Å². The van der Waals surface area contributed by atoms with Gasteiger partial charge in [0.05, 0.1) is 13.0 Å². The summed E-state index contributed by atoms with van der Waals surface area (Å²) in [4.78, 5) is 40.1. The number of aromatic nitrogens is 1. The zero-order chi connectivity index (χ0) is 22.5. The number of aryl methyl sites for hydroxylation is 1. The maximum atomic E-state index is 12.2. The third kappa shape index (κ3) is 5.36. The molecule has 0 unspecified atom stereocenters. The predicted molar refractivity (Wildman–Crippen MR) is 122 cm³/mol. The molecule has 0 bridgehead atoms. The highest BCUT2D eigenvalue weighted by Gasteiger charge is 2.28. The zero-order valence-corrected chi connectivity index (χ0v) is 18.2. The lowest BCUT2D eigenvalue weighted by molar-refractivity contribution is -0.122. The molecule has 2 heterocycles. The Balaban J connectivity index is 1.34. The number of carbonyl (C=O) groups excluding carboxylic acids is 3. The molecule has 0 aliphatic carbocycles. The van der Waals surface area contributed by atoms with Crippen LogP contribution in [0, 0.1) is 6.92 Å². The molecule has 0 spiro atoms. The summed E-state index contributed by atoms with van der Waals surface area (Å²) < 4.78 is 5.75. The summed E-state index contributed by atoms with van der Waals surface area (Å²) in [6.07, 6.45) is 0.305. The molecule has 2 aromatic carbocycles. The summed E-state index contributed by atoms with van der Waals surface area (Å²) in [6, 6.07) is 16.2. The van der Waals surface area contributed by atoms with Crippen LogP contribution in [-0.4, -0.2) is 33.8 Å². The van der Waals surface area contributed by atoms with Gasteiger partial charge in [0.2, 0.25) is 17.7 Å². The SMILES string of the molecule is Cc1oc(-c2ccc(NC(=O)Cc3ccccc3)cc2)nc1CNC(=O)[C@@H]1CSC(=O)N1. The van der Waals surface area contributed by atoms with E-state index in [4.69, 9.17) is 4.42 Å². The van der Waals surface area contributed by atoms with Crippen molar-refractivity contribution in [1.82, 2.24) is 15.6 Å². The predicted octanol–water partition coefficient (Wildman–Crippen LogP) is 3.27. The van der Waals surface area contributed by atoms with Crippen molar-refractivity contribution in [3.05, 3.63) is 71.6 Å². The van der Waals surface area contributed by atoms with Crippen molar-refractivity contribution in [3.63, 3.8) is 0 Å². The molecule has 0 saturated carbocycles. The first kappa shape index (κ1) is 21.6. The van der Waals surface area contributed by atoms with Gasteiger partial charge in [-0.1, -0.05) is 42.1 Å². The van der Waals surface area contributed by atoms with Crippen LogP contribution in [0.25, 0.3) is 11.5 Å². The number of hydrogen-bond acceptors (Lipinski definition) is 6. The van der Waals surface area contributed by atoms with Gasteiger partial charge in [0.15, 0.2) is 0 Å². The second-order valence-electron chi connectivity index (χ2n) is 7.32. The number of amides is 3. The monoisotopic (exact) mass is 450 g/mol. The Bertz CT molecular complexity index is 1130. The van der Waals surface area contributed by atoms with Crippen LogP contribution < -0.4 is 16.0 Å². The van der Waals surface area contributed by atoms with E-state index in [1.807, 2.05) is 42.5 Å². The molecule has 1 fully saturated rings. The van der Waals surface area contributed by atoms with Gasteiger partial charge < -0.3 is 20.4 Å². The number of thioether (sulfide) groups is 1. The van der Waals surface area contributed by atoms with Gasteiger partial charge in [-0.2, -0.15) is 0 Å². The maximum absolute atomic E-state index is 12.2. The zero-order valence-electron chi connectivity index (χ0n) is 17.4. The van der Waals surface area contributed by atoms with E-state index in [2.05, 4.69) is 20.9 Å². The van der Waals surface area contributed by atoms with Crippen molar-refractivity contribution >= 4 is 34.5 Å². The normalized spacial score (nSPS) is 15.3. The first-order valence-electron chi connectivity index (χ1n) is 10.1. The minimum absolute atomic E-state index is 0.0919. The van der Waals surface area contributed by atoms with E-state index in [9.17, 15) is 14.4 Å². The standard InChI is InChI=1S/C23H22N4O4S/c1-14-18(12-24-21(29)19-13-32-23(30)27-19)26-22(31-14)16-7-9-17(10-8-16)25-20(28)11-15-5-3-2-4-6-15/h2-10,19H,11-13H2,1H3,(H,24,29)(H,25,28)(H,27,30)/t19-/m0/s1. The number of rotatable bonds is 7. The van der Waals surface area contributed by atoms with Crippen LogP contribution in [0.2, 0.25) is 0 Å². The Morgan fingerprint density at radius 2 is 1.91 bits per heavy atom. The van der Waals surface area contributed by atoms with Gasteiger partial charge in [-0.05, 0) is 36.8 Å². The fourth-order valence-corrected chi connectivity index (χ4v) is 4.00. The van der Waals surface area contributed by atoms with Gasteiger partial charge in [-0.15, -0.1) is 0 Å². The fourth-order valence-electron chi connectivity index (χ4n) is 3.22. The minimum Gasteiger partial charge on any atom is -0.441 e. The Kier molecular flexibility index (Phi) is 6.55. The molecule has 164 valence electrons. The molecule has 32 heavy (non-hydrogen) atoms. The van der Waals surface area contributed by atoms with E-state index >= 15 is 0 Å². The molecular weight excluding hydrogens is 428 g/mol. The Labute approximate surface area is 189 Å². The number of anilines is 1. The van der Waals surface area contributed by atoms with Gasteiger partial charge in [0.25, 0.3) is 5.24 Å². The lowest BCUT2D eigenvalue weighted by atomic mass is 10.1. The summed E-state index contributed by atoms with van der Waals surface area (Å²) in [5.74, 6) is 1.11. The minimum atomic E-state index is -0.524. The summed E-state index contributed by atoms with van der Waals surface area (Å²) in [6.45, 7) is 1.99. The molecule has 1 aliphatic rings. The van der Waals surface area contributed by atoms with Crippen LogP contribution in [0.5, 0.6) is 0 Å². The number of oxazole rings is 1. The molecule has 3 N–H and O–H groups in total. The fraction of sp³-hybridized carbons (Fsp3) is 0.217. The lowest BCUT2D eigenvalue weighted by Gasteiger charge is -2.08. The molecule has 1 aliphatic heterocycles. The number of hydrogen-bond donors (Lipinski definition) is 3. The van der Waals surface area contributed by atoms with E-state index in [0.29, 0.717) is 35.2 Å². The molecule has 1 saturated heterocycles. The van der Waals surface area contributed by atoms with Crippen LogP contribution in [0.3, 0.4) is 0 Å². The van der Waals surface area contributed by atoms with Crippen molar-refractivity contribution < 1.29 is 18.8 Å². The summed E-state index contributed by atoms with van der Waals surface area (Å²) in [5.41, 5.74) is 3.00. The molecule has 3 aromatic rings. The van der Waals surface area contributed by atoms with Crippen LogP contribution in [-0.2, 0) is 22.6 Å². The highest BCUT2D eigenvalue weighted by molar-refractivity contribution is 8.14. The van der Waals surface area contributed by atoms with Gasteiger partial charge >= 0.3 is 0 Å². The first-order chi connectivity index (χ1) is 15.5. The van der Waals surface area contributed by atoms with E-state index in [-0.39, 0.29) is 23.6 Å². The lowest BCUT2D eigenvalue weighted by Crippen LogP contribution is -2.42. The third-order valence-electron chi connectivity index (χ3n) is 4.94. The van der Waals surface area contributed by atoms with E-state index in [1.165, 1.54) is 0 Å². The summed E-state index contributed by atoms with van der Waals surface area (Å²) in [7, 11) is 0. The molecule has 4 rings (SSSR count). The number of nitrogens with one attached hydrogen (secondary N) is 3. The topological polar surface area (TPSA) is 113 Å². The smallest absolute Gasteiger partial charge is 0.279 e. The highest BCUT2D eigenvalue weighted by Crippen LogP contribution is 2.23. The van der Waals surface area contributed by atoms with Gasteiger partial charge in [0.1, 0.15) is 17.5 Å². The van der Waals surface area contributed by atoms with E-state index < -0.39 is 6.04 Å². The second-order valence-corrected chi connectivity index (χ2v) is 8.32. The molecule has 1 aromatic heterocycles. The first-order valence-corrected chi connectivity index (χ1v) is 11.1. The van der Waals surface area contributed by atoms with Crippen LogP contribution in [0.1, 0.15) is 17.0 Å². The third-order valence-corrected chi connectivity index (χ3v) is 5.82. The van der Waals surface area contributed by atoms with Crippen molar-refractivity contribution in [2.24, 2.45) is 0 Å². The van der Waals surface area contributed by atoms with E-state index in [1.54, 1.807) is 19.1 Å². The quantitative estimate of drug-likeness (QED) is 0.509. The van der Waals surface area contributed by atoms with Crippen molar-refractivity contribution in [2.75, 3.05) is 11.1 Å². The summed E-state index contributed by atoms with van der Waals surface area (Å²) >= 11 is 1.09. The molecule has 3 amide bonds. The van der Waals surface area contributed by atoms with E-state index in [0.717, 1.165) is 22.9 Å². The second kappa shape index (κ2) is 9.69. The Hall–Kier alpha value is -3.59. The Morgan fingerprint density at radius 1 is 1.16 bits per heavy atom. The molecular formula is C23H22N4O4S. The van der Waals surface area contributed by atoms with Crippen molar-refractivity contribution in [3.8, 4) is 11.5 Å². The van der Waals surface area contributed by atoms with Crippen LogP contribution in [0.4, 0.5) is 10.5 Å². The maximum Gasteiger partial charge on any atom is 0.279 e. The largest absolute Gasteiger partial charge is 0.441 e. The Morgan fingerprint density at radius 3 is 2.59 bits per heavy atom. The molecule has 0 radical (unpaired) electrons. The number of benzene rings is 2. The van der Waals surface area contributed by atoms with Crippen LogP contribution in [0.15, 0.2) is 59.0 Å². The van der Waals surface area contributed by atoms with Crippen molar-refractivity contribution in [2.45, 2.75) is 25.9 Å². The molecule has 8 nitrogen and oxygen atoms in total. The molecule has 1 atom stereocenters. The number of nitrogens with zero attached hydrogens (tertiary/aromatic N) is 1.